The maximum atomic E-state index is 12.6. The summed E-state index contributed by atoms with van der Waals surface area (Å²) in [4.78, 5) is 13.4. The lowest BCUT2D eigenvalue weighted by atomic mass is 10.2. The van der Waals surface area contributed by atoms with Gasteiger partial charge in [-0.1, -0.05) is 12.1 Å². The van der Waals surface area contributed by atoms with Crippen LogP contribution < -0.4 is 5.32 Å². The Hall–Kier alpha value is -2.68. The van der Waals surface area contributed by atoms with Gasteiger partial charge in [-0.3, -0.25) is 9.48 Å². The molecular formula is C16H19N7OS. The van der Waals surface area contributed by atoms with Crippen LogP contribution in [0.25, 0.3) is 0 Å². The Morgan fingerprint density at radius 3 is 2.72 bits per heavy atom. The van der Waals surface area contributed by atoms with Gasteiger partial charge in [0, 0.05) is 24.7 Å². The molecule has 0 atom stereocenters. The van der Waals surface area contributed by atoms with Crippen molar-refractivity contribution in [1.82, 2.24) is 35.3 Å². The highest BCUT2D eigenvalue weighted by Crippen LogP contribution is 2.25. The number of nitrogens with one attached hydrogen (secondary N) is 1. The molecule has 8 nitrogen and oxygen atoms in total. The fourth-order valence-corrected chi connectivity index (χ4v) is 3.30. The zero-order valence-electron chi connectivity index (χ0n) is 14.3. The Labute approximate surface area is 149 Å². The number of rotatable bonds is 6. The third-order valence-electron chi connectivity index (χ3n) is 3.79. The fraction of sp³-hybridized carbons (Fsp3) is 0.312. The lowest BCUT2D eigenvalue weighted by Crippen LogP contribution is -2.23. The number of aryl methyl sites for hydroxylation is 3. The smallest absolute Gasteiger partial charge is 0.252 e. The first-order chi connectivity index (χ1) is 12.0. The lowest BCUT2D eigenvalue weighted by Gasteiger charge is -2.09. The molecule has 2 aromatic heterocycles. The number of carbonyl (C=O) groups excluding carboxylic acids is 1. The molecule has 0 aliphatic rings. The Bertz CT molecular complexity index is 867. The standard InChI is InChI=1S/C16H19N7OS/c1-11-8-12(19-22(11)2)9-17-16(24)13-6-4-5-7-14(13)25-10-15-18-20-21-23(15)3/h4-8H,9-10H2,1-3H3,(H,17,24). The van der Waals surface area contributed by atoms with Crippen LogP contribution in [-0.2, 0) is 26.4 Å². The predicted molar refractivity (Wildman–Crippen MR) is 93.9 cm³/mol. The van der Waals surface area contributed by atoms with E-state index < -0.39 is 0 Å². The van der Waals surface area contributed by atoms with E-state index in [9.17, 15) is 4.79 Å². The van der Waals surface area contributed by atoms with Crippen LogP contribution in [0, 0.1) is 6.92 Å². The van der Waals surface area contributed by atoms with E-state index in [1.807, 2.05) is 44.3 Å². The molecule has 0 aliphatic heterocycles. The van der Waals surface area contributed by atoms with Crippen LogP contribution in [0.15, 0.2) is 35.2 Å². The van der Waals surface area contributed by atoms with Crippen LogP contribution in [0.2, 0.25) is 0 Å². The van der Waals surface area contributed by atoms with E-state index in [2.05, 4.69) is 25.9 Å². The molecule has 0 radical (unpaired) electrons. The topological polar surface area (TPSA) is 90.5 Å². The van der Waals surface area contributed by atoms with Crippen molar-refractivity contribution in [3.8, 4) is 0 Å². The summed E-state index contributed by atoms with van der Waals surface area (Å²) in [6.07, 6.45) is 0. The van der Waals surface area contributed by atoms with Crippen LogP contribution >= 0.6 is 11.8 Å². The monoisotopic (exact) mass is 357 g/mol. The second-order valence-electron chi connectivity index (χ2n) is 5.59. The van der Waals surface area contributed by atoms with Gasteiger partial charge in [0.25, 0.3) is 5.91 Å². The van der Waals surface area contributed by atoms with E-state index >= 15 is 0 Å². The highest BCUT2D eigenvalue weighted by Gasteiger charge is 2.13. The Balaban J connectivity index is 1.66. The predicted octanol–water partition coefficient (Wildman–Crippen LogP) is 1.47. The van der Waals surface area contributed by atoms with Crippen LogP contribution in [0.3, 0.4) is 0 Å². The van der Waals surface area contributed by atoms with Crippen molar-refractivity contribution in [2.75, 3.05) is 0 Å². The summed E-state index contributed by atoms with van der Waals surface area (Å²) in [6, 6.07) is 9.47. The molecule has 0 aliphatic carbocycles. The highest BCUT2D eigenvalue weighted by atomic mass is 32.2. The molecule has 3 aromatic rings. The van der Waals surface area contributed by atoms with Crippen molar-refractivity contribution in [3.63, 3.8) is 0 Å². The highest BCUT2D eigenvalue weighted by molar-refractivity contribution is 7.98. The van der Waals surface area contributed by atoms with Crippen molar-refractivity contribution < 1.29 is 4.79 Å². The normalized spacial score (nSPS) is 10.8. The van der Waals surface area contributed by atoms with Crippen molar-refractivity contribution in [2.45, 2.75) is 24.1 Å². The van der Waals surface area contributed by atoms with E-state index in [1.165, 1.54) is 11.8 Å². The molecule has 0 spiro atoms. The van der Waals surface area contributed by atoms with E-state index in [0.717, 1.165) is 22.1 Å². The molecule has 1 amide bonds. The average molecular weight is 357 g/mol. The largest absolute Gasteiger partial charge is 0.346 e. The number of aromatic nitrogens is 6. The van der Waals surface area contributed by atoms with Gasteiger partial charge in [0.15, 0.2) is 5.82 Å². The number of hydrogen-bond donors (Lipinski definition) is 1. The molecule has 25 heavy (non-hydrogen) atoms. The summed E-state index contributed by atoms with van der Waals surface area (Å²) < 4.78 is 3.42. The number of tetrazole rings is 1. The molecule has 0 saturated carbocycles. The third-order valence-corrected chi connectivity index (χ3v) is 4.86. The van der Waals surface area contributed by atoms with Crippen LogP contribution in [-0.4, -0.2) is 35.9 Å². The summed E-state index contributed by atoms with van der Waals surface area (Å²) in [6.45, 7) is 2.37. The molecule has 0 fully saturated rings. The SMILES string of the molecule is Cc1cc(CNC(=O)c2ccccc2SCc2nnnn2C)nn1C. The minimum atomic E-state index is -0.123. The second kappa shape index (κ2) is 7.47. The molecule has 1 N–H and O–H groups in total. The first-order valence-electron chi connectivity index (χ1n) is 7.75. The quantitative estimate of drug-likeness (QED) is 0.672. The molecule has 0 saturated heterocycles. The molecule has 9 heteroatoms. The third kappa shape index (κ3) is 4.05. The fourth-order valence-electron chi connectivity index (χ4n) is 2.28. The van der Waals surface area contributed by atoms with Crippen molar-refractivity contribution in [3.05, 3.63) is 53.1 Å². The van der Waals surface area contributed by atoms with Crippen molar-refractivity contribution >= 4 is 17.7 Å². The molecule has 130 valence electrons. The maximum absolute atomic E-state index is 12.6. The molecule has 0 bridgehead atoms. The van der Waals surface area contributed by atoms with Gasteiger partial charge in [-0.15, -0.1) is 16.9 Å². The molecular weight excluding hydrogens is 338 g/mol. The van der Waals surface area contributed by atoms with E-state index in [-0.39, 0.29) is 5.91 Å². The number of carbonyl (C=O) groups is 1. The van der Waals surface area contributed by atoms with Gasteiger partial charge >= 0.3 is 0 Å². The van der Waals surface area contributed by atoms with Gasteiger partial charge in [-0.05, 0) is 35.5 Å². The minimum absolute atomic E-state index is 0.123. The summed E-state index contributed by atoms with van der Waals surface area (Å²) >= 11 is 1.53. The summed E-state index contributed by atoms with van der Waals surface area (Å²) in [5.41, 5.74) is 2.52. The van der Waals surface area contributed by atoms with Gasteiger partial charge in [-0.25, -0.2) is 4.68 Å². The van der Waals surface area contributed by atoms with Gasteiger partial charge in [-0.2, -0.15) is 5.10 Å². The molecule has 0 unspecified atom stereocenters. The Morgan fingerprint density at radius 2 is 2.04 bits per heavy atom. The lowest BCUT2D eigenvalue weighted by molar-refractivity contribution is 0.0947. The Kier molecular flexibility index (Phi) is 5.13. The zero-order valence-corrected chi connectivity index (χ0v) is 15.1. The number of thioether (sulfide) groups is 1. The number of benzene rings is 1. The number of amides is 1. The van der Waals surface area contributed by atoms with E-state index in [0.29, 0.717) is 17.9 Å². The van der Waals surface area contributed by atoms with Crippen molar-refractivity contribution in [1.29, 1.82) is 0 Å². The van der Waals surface area contributed by atoms with E-state index in [4.69, 9.17) is 0 Å². The zero-order chi connectivity index (χ0) is 17.8. The first-order valence-corrected chi connectivity index (χ1v) is 8.74. The maximum Gasteiger partial charge on any atom is 0.252 e. The first kappa shape index (κ1) is 17.2. The number of nitrogens with zero attached hydrogens (tertiary/aromatic N) is 6. The van der Waals surface area contributed by atoms with E-state index in [1.54, 1.807) is 16.4 Å². The minimum Gasteiger partial charge on any atom is -0.346 e. The molecule has 1 aromatic carbocycles. The molecule has 2 heterocycles. The van der Waals surface area contributed by atoms with Gasteiger partial charge < -0.3 is 5.32 Å². The summed E-state index contributed by atoms with van der Waals surface area (Å²) in [7, 11) is 3.68. The summed E-state index contributed by atoms with van der Waals surface area (Å²) in [5.74, 6) is 1.22. The number of hydrogen-bond acceptors (Lipinski definition) is 6. The van der Waals surface area contributed by atoms with Gasteiger partial charge in [0.2, 0.25) is 0 Å². The van der Waals surface area contributed by atoms with Crippen LogP contribution in [0.4, 0.5) is 0 Å². The average Bonchev–Trinajstić information content (AvgIpc) is 3.16. The van der Waals surface area contributed by atoms with Gasteiger partial charge in [0.05, 0.1) is 23.6 Å². The summed E-state index contributed by atoms with van der Waals surface area (Å²) in [5, 5.41) is 18.7. The second-order valence-corrected chi connectivity index (χ2v) is 6.60. The van der Waals surface area contributed by atoms with Crippen LogP contribution in [0.1, 0.15) is 27.6 Å². The van der Waals surface area contributed by atoms with Crippen molar-refractivity contribution in [2.24, 2.45) is 14.1 Å². The van der Waals surface area contributed by atoms with Gasteiger partial charge in [0.1, 0.15) is 0 Å². The van der Waals surface area contributed by atoms with Crippen LogP contribution in [0.5, 0.6) is 0 Å². The molecule has 3 rings (SSSR count). The Morgan fingerprint density at radius 1 is 1.24 bits per heavy atom.